The van der Waals surface area contributed by atoms with Crippen LogP contribution in [0, 0.1) is 0 Å². The van der Waals surface area contributed by atoms with Crippen LogP contribution in [-0.4, -0.2) is 129 Å². The van der Waals surface area contributed by atoms with Crippen molar-refractivity contribution in [2.24, 2.45) is 0 Å². The molecule has 2 aliphatic heterocycles. The summed E-state index contributed by atoms with van der Waals surface area (Å²) in [4.78, 5) is 0. The van der Waals surface area contributed by atoms with Crippen molar-refractivity contribution in [2.45, 2.75) is 340 Å². The van der Waals surface area contributed by atoms with E-state index in [2.05, 4.69) is 310 Å². The molecule has 4 rings (SSSR count). The van der Waals surface area contributed by atoms with Gasteiger partial charge < -0.3 is 0 Å². The van der Waals surface area contributed by atoms with E-state index < -0.39 is 129 Å². The van der Waals surface area contributed by atoms with Crippen LogP contribution in [0.2, 0.25) is 311 Å². The van der Waals surface area contributed by atoms with E-state index in [-0.39, 0.29) is 0 Å². The summed E-state index contributed by atoms with van der Waals surface area (Å²) in [6, 6.07) is 22.2. The van der Waals surface area contributed by atoms with Crippen molar-refractivity contribution in [3.05, 3.63) is 57.6 Å². The summed E-state index contributed by atoms with van der Waals surface area (Å²) in [5.41, 5.74) is 11.9. The van der Waals surface area contributed by atoms with Crippen molar-refractivity contribution < 1.29 is 0 Å². The molecule has 2 saturated heterocycles. The number of benzene rings is 2. The minimum absolute atomic E-state index is 0.370. The average Bonchev–Trinajstić information content (AvgIpc) is 4.03. The van der Waals surface area contributed by atoms with Crippen LogP contribution in [0.1, 0.15) is 54.0 Å². The summed E-state index contributed by atoms with van der Waals surface area (Å²) >= 11 is 0. The number of rotatable bonds is 25. The maximum absolute atomic E-state index is 3.19. The molecule has 0 saturated carbocycles. The molecule has 0 unspecified atom stereocenters. The van der Waals surface area contributed by atoms with Crippen LogP contribution < -0.4 is 10.4 Å². The van der Waals surface area contributed by atoms with E-state index in [9.17, 15) is 0 Å². The van der Waals surface area contributed by atoms with E-state index in [1.165, 1.54) is 0 Å². The van der Waals surface area contributed by atoms with Crippen molar-refractivity contribution in [1.82, 2.24) is 0 Å². The zero-order valence-electron chi connectivity index (χ0n) is 63.9. The monoisotopic (exact) mass is 1390 g/mol. The van der Waals surface area contributed by atoms with Crippen LogP contribution in [0.4, 0.5) is 0 Å². The second-order valence-corrected chi connectivity index (χ2v) is 132. The summed E-state index contributed by atoms with van der Waals surface area (Å²) in [7, 11) is -28.3. The van der Waals surface area contributed by atoms with Gasteiger partial charge in [-0.2, -0.15) is 0 Å². The lowest BCUT2D eigenvalue weighted by Crippen LogP contribution is -2.74. The fraction of sp³-hybridized carbons (Fsp3) is 0.818. The van der Waals surface area contributed by atoms with Crippen LogP contribution in [0.5, 0.6) is 0 Å². The highest BCUT2D eigenvalue weighted by Crippen LogP contribution is 2.58. The Kier molecular flexibility index (Phi) is 21.3. The summed E-state index contributed by atoms with van der Waals surface area (Å²) in [6.07, 6.45) is 0. The molecule has 2 aromatic rings. The first-order valence-electron chi connectivity index (χ1n) is 33.9. The Morgan fingerprint density at radius 1 is 0.256 bits per heavy atom. The fourth-order valence-corrected chi connectivity index (χ4v) is 148. The summed E-state index contributed by atoms with van der Waals surface area (Å²) in [6.45, 7) is 119. The predicted octanol–water partition coefficient (Wildman–Crippen LogP) is 22.8. The third-order valence-electron chi connectivity index (χ3n) is 22.0. The predicted molar refractivity (Wildman–Crippen MR) is 434 cm³/mol. The molecule has 2 aliphatic rings. The van der Waals surface area contributed by atoms with Gasteiger partial charge in [-0.15, -0.1) is 0 Å². The first-order valence-corrected chi connectivity index (χ1v) is 88.8. The van der Waals surface area contributed by atoms with Crippen LogP contribution in [0.3, 0.4) is 0 Å². The van der Waals surface area contributed by atoms with Crippen molar-refractivity contribution >= 4 is 140 Å². The molecule has 0 radical (unpaired) electrons. The minimum Gasteiger partial charge on any atom is -0.0693 e. The van der Waals surface area contributed by atoms with E-state index in [1.54, 1.807) is 36.3 Å². The molecule has 0 atom stereocenters. The smallest absolute Gasteiger partial charge is 0.0693 e. The Labute approximate surface area is 532 Å². The van der Waals surface area contributed by atoms with Crippen molar-refractivity contribution in [3.63, 3.8) is 0 Å². The van der Waals surface area contributed by atoms with Crippen LogP contribution in [0.15, 0.2) is 24.3 Å². The molecule has 0 bridgehead atoms. The molecule has 0 amide bonds. The van der Waals surface area contributed by atoms with Crippen molar-refractivity contribution in [3.8, 4) is 0 Å². The largest absolute Gasteiger partial charge is 0.0866 e. The highest BCUT2D eigenvalue weighted by atomic mass is 28.5. The standard InChI is InChI=1S/C66H146Si16/c1-67(2,3)61(68(4,5)6)55-49-53(65(75(25,26)27,76(28,29)30)77(31,32)33)50-56(62(69(7,8)9)70(10,11)12)59(55)81(43-44-81)47-48-82(45-46-82)60-57(63(71(13,14)15)72(16,17)18)51-54(52-58(60)64(73(19,20)21)74(22,23)24)66(78(34,35)36,79(37,38)39)80(40,41)42/h49-52,61-64H,43-48H2,1-42H3. The molecule has 2 aromatic carbocycles. The molecule has 82 heavy (non-hydrogen) atoms. The highest BCUT2D eigenvalue weighted by Gasteiger charge is 2.65. The van der Waals surface area contributed by atoms with E-state index in [0.29, 0.717) is 8.57 Å². The van der Waals surface area contributed by atoms with E-state index >= 15 is 0 Å². The van der Waals surface area contributed by atoms with Crippen LogP contribution >= 0.6 is 0 Å². The maximum Gasteiger partial charge on any atom is 0.0866 e. The molecule has 0 aromatic heterocycles. The first kappa shape index (κ1) is 76.4. The molecule has 0 aliphatic carbocycles. The van der Waals surface area contributed by atoms with Gasteiger partial charge in [0.1, 0.15) is 0 Å². The number of hydrogen-bond donors (Lipinski definition) is 0. The molecule has 16 heteroatoms. The quantitative estimate of drug-likeness (QED) is 0.0869. The molecular weight excluding hydrogens is 1240 g/mol. The van der Waals surface area contributed by atoms with Gasteiger partial charge in [-0.1, -0.05) is 368 Å². The van der Waals surface area contributed by atoms with Crippen molar-refractivity contribution in [1.29, 1.82) is 0 Å². The lowest BCUT2D eigenvalue weighted by Gasteiger charge is -2.60. The van der Waals surface area contributed by atoms with Gasteiger partial charge in [0, 0.05) is 113 Å². The molecule has 0 nitrogen and oxygen atoms in total. The van der Waals surface area contributed by atoms with E-state index in [4.69, 9.17) is 0 Å². The van der Waals surface area contributed by atoms with Gasteiger partial charge in [-0.25, -0.2) is 0 Å². The van der Waals surface area contributed by atoms with Gasteiger partial charge in [0.05, 0.1) is 16.1 Å². The molecule has 0 N–H and O–H groups in total. The number of hydrogen-bond acceptors (Lipinski definition) is 0. The lowest BCUT2D eigenvalue weighted by atomic mass is 10.1. The van der Waals surface area contributed by atoms with Crippen LogP contribution in [-0.2, 0) is 8.57 Å². The van der Waals surface area contributed by atoms with Gasteiger partial charge in [0.2, 0.25) is 0 Å². The molecule has 0 spiro atoms. The van der Waals surface area contributed by atoms with Gasteiger partial charge in [-0.05, 0) is 40.4 Å². The van der Waals surface area contributed by atoms with Crippen LogP contribution in [0.25, 0.3) is 0 Å². The summed E-state index contributed by atoms with van der Waals surface area (Å²) in [5.74, 6) is 0. The van der Waals surface area contributed by atoms with E-state index in [1.807, 2.05) is 33.4 Å². The zero-order valence-corrected chi connectivity index (χ0v) is 79.9. The maximum atomic E-state index is 3.19. The van der Waals surface area contributed by atoms with Crippen molar-refractivity contribution in [2.75, 3.05) is 0 Å². The van der Waals surface area contributed by atoms with Gasteiger partial charge in [0.25, 0.3) is 0 Å². The van der Waals surface area contributed by atoms with Gasteiger partial charge in [-0.3, -0.25) is 0 Å². The highest BCUT2D eigenvalue weighted by molar-refractivity contribution is 7.16. The second-order valence-electron chi connectivity index (χ2n) is 43.8. The summed E-state index contributed by atoms with van der Waals surface area (Å²) < 4.78 is 0.739. The molecule has 2 heterocycles. The third-order valence-corrected chi connectivity index (χ3v) is 111. The molecule has 2 fully saturated rings. The Morgan fingerprint density at radius 2 is 0.390 bits per heavy atom. The Balaban J connectivity index is 2.46. The zero-order chi connectivity index (χ0) is 65.0. The lowest BCUT2D eigenvalue weighted by molar-refractivity contribution is 0.992. The third kappa shape index (κ3) is 14.4. The Morgan fingerprint density at radius 3 is 0.488 bits per heavy atom. The summed E-state index contributed by atoms with van der Waals surface area (Å²) in [5, 5.41) is 7.41. The minimum atomic E-state index is -1.92. The molecular formula is C66H146Si16. The first-order chi connectivity index (χ1) is 35.5. The Hall–Kier alpha value is 1.91. The second kappa shape index (κ2) is 22.9. The fourth-order valence-electron chi connectivity index (χ4n) is 24.3. The van der Waals surface area contributed by atoms with E-state index in [0.717, 1.165) is 20.7 Å². The SMILES string of the molecule is C[Si](C)(C)C(c1cc(C([Si](C)(C)C)([Si](C)(C)C)[Si](C)(C)C)cc(C([Si](C)(C)C)[Si](C)(C)C)c1[Si]1(CC[Si]2(c3c(C([Si](C)(C)C)[Si](C)(C)C)cc(C([Si](C)(C)C)([Si](C)(C)C)[Si](C)(C)C)cc3C([Si](C)(C)C)[Si](C)(C)C)CC2)CC1)[Si](C)(C)C. The Bertz CT molecular complexity index is 2180. The topological polar surface area (TPSA) is 0 Å². The normalized spacial score (nSPS) is 18.2. The van der Waals surface area contributed by atoms with Gasteiger partial charge in [0.15, 0.2) is 0 Å². The molecule has 474 valence electrons. The average molecular weight is 1390 g/mol. The van der Waals surface area contributed by atoms with Gasteiger partial charge >= 0.3 is 0 Å².